The molecule has 1 fully saturated rings. The Morgan fingerprint density at radius 1 is 1.17 bits per heavy atom. The summed E-state index contributed by atoms with van der Waals surface area (Å²) >= 11 is 3.26. The molecule has 18 heavy (non-hydrogen) atoms. The standard InChI is InChI=1S/C14H19BrN2O/c15-9-8-14(18)16-12-4-6-13(7-5-12)17-10-2-1-3-11-17/h4-7H,1-3,8-11H2,(H,16,18). The Morgan fingerprint density at radius 2 is 1.83 bits per heavy atom. The second-order valence-electron chi connectivity index (χ2n) is 4.58. The third-order valence-corrected chi connectivity index (χ3v) is 3.59. The molecule has 0 bridgehead atoms. The number of nitrogens with one attached hydrogen (secondary N) is 1. The molecule has 1 N–H and O–H groups in total. The van der Waals surface area contributed by atoms with Gasteiger partial charge in [0.1, 0.15) is 0 Å². The van der Waals surface area contributed by atoms with Gasteiger partial charge in [-0.3, -0.25) is 4.79 Å². The molecule has 3 nitrogen and oxygen atoms in total. The predicted molar refractivity (Wildman–Crippen MR) is 79.5 cm³/mol. The van der Waals surface area contributed by atoms with Gasteiger partial charge in [-0.15, -0.1) is 0 Å². The van der Waals surface area contributed by atoms with Gasteiger partial charge in [-0.05, 0) is 43.5 Å². The van der Waals surface area contributed by atoms with Crippen molar-refractivity contribution in [3.8, 4) is 0 Å². The summed E-state index contributed by atoms with van der Waals surface area (Å²) in [5.74, 6) is 0.0533. The molecule has 98 valence electrons. The largest absolute Gasteiger partial charge is 0.372 e. The molecule has 0 aromatic heterocycles. The summed E-state index contributed by atoms with van der Waals surface area (Å²) in [5, 5.41) is 3.58. The molecular formula is C14H19BrN2O. The van der Waals surface area contributed by atoms with E-state index in [-0.39, 0.29) is 5.91 Å². The Hall–Kier alpha value is -1.03. The summed E-state index contributed by atoms with van der Waals surface area (Å²) in [4.78, 5) is 13.9. The highest BCUT2D eigenvalue weighted by Crippen LogP contribution is 2.21. The number of alkyl halides is 1. The van der Waals surface area contributed by atoms with Crippen LogP contribution in [0, 0.1) is 0 Å². The van der Waals surface area contributed by atoms with Crippen LogP contribution in [0.15, 0.2) is 24.3 Å². The van der Waals surface area contributed by atoms with Gasteiger partial charge in [-0.25, -0.2) is 0 Å². The first-order valence-corrected chi connectivity index (χ1v) is 7.62. The van der Waals surface area contributed by atoms with Crippen LogP contribution in [0.1, 0.15) is 25.7 Å². The first kappa shape index (κ1) is 13.4. The molecule has 1 aromatic rings. The first-order chi connectivity index (χ1) is 8.79. The van der Waals surface area contributed by atoms with Gasteiger partial charge in [0.15, 0.2) is 0 Å². The van der Waals surface area contributed by atoms with E-state index in [4.69, 9.17) is 0 Å². The maximum Gasteiger partial charge on any atom is 0.225 e. The minimum Gasteiger partial charge on any atom is -0.372 e. The van der Waals surface area contributed by atoms with Gasteiger partial charge in [0, 0.05) is 36.2 Å². The highest BCUT2D eigenvalue weighted by atomic mass is 79.9. The molecule has 0 radical (unpaired) electrons. The first-order valence-electron chi connectivity index (χ1n) is 6.50. The molecule has 2 rings (SSSR count). The van der Waals surface area contributed by atoms with Crippen LogP contribution in [-0.4, -0.2) is 24.3 Å². The van der Waals surface area contributed by atoms with Crippen LogP contribution in [0.2, 0.25) is 0 Å². The van der Waals surface area contributed by atoms with Crippen molar-refractivity contribution in [2.24, 2.45) is 0 Å². The number of amides is 1. The minimum absolute atomic E-state index is 0.0533. The quantitative estimate of drug-likeness (QED) is 0.864. The number of hydrogen-bond acceptors (Lipinski definition) is 2. The molecule has 0 atom stereocenters. The number of rotatable bonds is 4. The zero-order valence-electron chi connectivity index (χ0n) is 10.5. The van der Waals surface area contributed by atoms with E-state index in [9.17, 15) is 4.79 Å². The van der Waals surface area contributed by atoms with Crippen LogP contribution in [0.4, 0.5) is 11.4 Å². The van der Waals surface area contributed by atoms with Crippen molar-refractivity contribution >= 4 is 33.2 Å². The monoisotopic (exact) mass is 310 g/mol. The average Bonchev–Trinajstić information content (AvgIpc) is 2.41. The SMILES string of the molecule is O=C(CCBr)Nc1ccc(N2CCCCC2)cc1. The van der Waals surface area contributed by atoms with Gasteiger partial charge in [0.2, 0.25) is 5.91 Å². The Kier molecular flexibility index (Phi) is 5.05. The molecule has 1 aliphatic heterocycles. The fourth-order valence-electron chi connectivity index (χ4n) is 2.22. The van der Waals surface area contributed by atoms with E-state index >= 15 is 0 Å². The van der Waals surface area contributed by atoms with Gasteiger partial charge in [-0.1, -0.05) is 15.9 Å². The van der Waals surface area contributed by atoms with Crippen LogP contribution < -0.4 is 10.2 Å². The molecule has 1 amide bonds. The van der Waals surface area contributed by atoms with E-state index in [2.05, 4.69) is 38.3 Å². The van der Waals surface area contributed by atoms with Crippen molar-refractivity contribution in [3.05, 3.63) is 24.3 Å². The third kappa shape index (κ3) is 3.73. The topological polar surface area (TPSA) is 32.3 Å². The summed E-state index contributed by atoms with van der Waals surface area (Å²) < 4.78 is 0. The lowest BCUT2D eigenvalue weighted by molar-refractivity contribution is -0.115. The molecular weight excluding hydrogens is 292 g/mol. The molecule has 0 unspecified atom stereocenters. The third-order valence-electron chi connectivity index (χ3n) is 3.19. The molecule has 1 saturated heterocycles. The number of benzene rings is 1. The molecule has 0 saturated carbocycles. The lowest BCUT2D eigenvalue weighted by atomic mass is 10.1. The van der Waals surface area contributed by atoms with Crippen LogP contribution in [0.5, 0.6) is 0 Å². The average molecular weight is 311 g/mol. The van der Waals surface area contributed by atoms with E-state index in [1.807, 2.05) is 12.1 Å². The van der Waals surface area contributed by atoms with Crippen LogP contribution in [0.25, 0.3) is 0 Å². The number of halogens is 1. The summed E-state index contributed by atoms with van der Waals surface area (Å²) in [6.07, 6.45) is 4.42. The van der Waals surface area contributed by atoms with Crippen LogP contribution >= 0.6 is 15.9 Å². The van der Waals surface area contributed by atoms with Crippen LogP contribution in [-0.2, 0) is 4.79 Å². The van der Waals surface area contributed by atoms with Crippen molar-refractivity contribution in [1.29, 1.82) is 0 Å². The molecule has 0 spiro atoms. The Balaban J connectivity index is 1.94. The zero-order valence-corrected chi connectivity index (χ0v) is 12.1. The van der Waals surface area contributed by atoms with Crippen molar-refractivity contribution in [2.75, 3.05) is 28.6 Å². The van der Waals surface area contributed by atoms with E-state index < -0.39 is 0 Å². The second-order valence-corrected chi connectivity index (χ2v) is 5.37. The van der Waals surface area contributed by atoms with E-state index in [1.165, 1.54) is 24.9 Å². The summed E-state index contributed by atoms with van der Waals surface area (Å²) in [7, 11) is 0. The van der Waals surface area contributed by atoms with Gasteiger partial charge >= 0.3 is 0 Å². The second kappa shape index (κ2) is 6.78. The van der Waals surface area contributed by atoms with Crippen molar-refractivity contribution < 1.29 is 4.79 Å². The maximum atomic E-state index is 11.4. The minimum atomic E-state index is 0.0533. The van der Waals surface area contributed by atoms with E-state index in [1.54, 1.807) is 0 Å². The lowest BCUT2D eigenvalue weighted by Crippen LogP contribution is -2.29. The number of carbonyl (C=O) groups is 1. The highest BCUT2D eigenvalue weighted by Gasteiger charge is 2.10. The molecule has 4 heteroatoms. The van der Waals surface area contributed by atoms with E-state index in [0.717, 1.165) is 18.8 Å². The summed E-state index contributed by atoms with van der Waals surface area (Å²) in [6.45, 7) is 2.30. The van der Waals surface area contributed by atoms with Crippen molar-refractivity contribution in [3.63, 3.8) is 0 Å². The Labute approximate surface area is 117 Å². The van der Waals surface area contributed by atoms with Gasteiger partial charge in [0.05, 0.1) is 0 Å². The number of hydrogen-bond donors (Lipinski definition) is 1. The Bertz CT molecular complexity index is 385. The zero-order chi connectivity index (χ0) is 12.8. The summed E-state index contributed by atoms with van der Waals surface area (Å²) in [6, 6.07) is 8.15. The smallest absolute Gasteiger partial charge is 0.225 e. The number of carbonyl (C=O) groups excluding carboxylic acids is 1. The number of nitrogens with zero attached hydrogens (tertiary/aromatic N) is 1. The van der Waals surface area contributed by atoms with Crippen molar-refractivity contribution in [1.82, 2.24) is 0 Å². The van der Waals surface area contributed by atoms with Gasteiger partial charge in [0.25, 0.3) is 0 Å². The lowest BCUT2D eigenvalue weighted by Gasteiger charge is -2.28. The summed E-state index contributed by atoms with van der Waals surface area (Å²) in [5.41, 5.74) is 2.13. The molecule has 1 aromatic carbocycles. The fourth-order valence-corrected chi connectivity index (χ4v) is 2.58. The maximum absolute atomic E-state index is 11.4. The van der Waals surface area contributed by atoms with Gasteiger partial charge < -0.3 is 10.2 Å². The van der Waals surface area contributed by atoms with Crippen molar-refractivity contribution in [2.45, 2.75) is 25.7 Å². The fraction of sp³-hybridized carbons (Fsp3) is 0.500. The van der Waals surface area contributed by atoms with Gasteiger partial charge in [-0.2, -0.15) is 0 Å². The predicted octanol–water partition coefficient (Wildman–Crippen LogP) is 3.40. The molecule has 0 aliphatic carbocycles. The normalized spacial score (nSPS) is 15.5. The van der Waals surface area contributed by atoms with E-state index in [0.29, 0.717) is 11.8 Å². The molecule has 1 aliphatic rings. The number of piperidine rings is 1. The van der Waals surface area contributed by atoms with Crippen LogP contribution in [0.3, 0.4) is 0 Å². The highest BCUT2D eigenvalue weighted by molar-refractivity contribution is 9.09. The number of anilines is 2. The Morgan fingerprint density at radius 3 is 2.44 bits per heavy atom. The molecule has 1 heterocycles.